The van der Waals surface area contributed by atoms with Gasteiger partial charge in [0.2, 0.25) is 0 Å². The number of rotatable bonds is 1. The Morgan fingerprint density at radius 3 is 3.06 bits per heavy atom. The molecule has 5 heteroatoms. The van der Waals surface area contributed by atoms with E-state index in [2.05, 4.69) is 10.4 Å². The molecule has 1 aromatic carbocycles. The molecule has 0 amide bonds. The Morgan fingerprint density at radius 2 is 2.24 bits per heavy atom. The summed E-state index contributed by atoms with van der Waals surface area (Å²) < 4.78 is 1.76. The Hall–Kier alpha value is -2.01. The van der Waals surface area contributed by atoms with Gasteiger partial charge in [0.05, 0.1) is 16.9 Å². The zero-order valence-corrected chi connectivity index (χ0v) is 9.23. The van der Waals surface area contributed by atoms with Crippen LogP contribution < -0.4 is 10.9 Å². The van der Waals surface area contributed by atoms with Crippen LogP contribution in [0.4, 0.5) is 0 Å². The second-order valence-corrected chi connectivity index (χ2v) is 4.15. The van der Waals surface area contributed by atoms with E-state index < -0.39 is 0 Å². The van der Waals surface area contributed by atoms with Crippen LogP contribution in [0.5, 0.6) is 5.75 Å². The summed E-state index contributed by atoms with van der Waals surface area (Å²) in [7, 11) is 0. The van der Waals surface area contributed by atoms with Crippen LogP contribution in [0.15, 0.2) is 29.1 Å². The molecule has 0 unspecified atom stereocenters. The van der Waals surface area contributed by atoms with E-state index in [1.807, 2.05) is 6.07 Å². The first kappa shape index (κ1) is 10.2. The smallest absolute Gasteiger partial charge is 0.269 e. The van der Waals surface area contributed by atoms with Gasteiger partial charge in [-0.1, -0.05) is 6.07 Å². The van der Waals surface area contributed by atoms with Crippen molar-refractivity contribution in [2.24, 2.45) is 0 Å². The molecule has 0 radical (unpaired) electrons. The molecule has 0 aliphatic carbocycles. The standard InChI is InChI=1S/C12H13N3O2/c16-9-3-1-2-8(6-9)15-11-4-5-13-7-10(11)12(17)14-15/h1-3,6,13,16H,4-5,7H2,(H,14,17). The summed E-state index contributed by atoms with van der Waals surface area (Å²) in [5.41, 5.74) is 2.51. The van der Waals surface area contributed by atoms with Crippen LogP contribution in [0, 0.1) is 0 Å². The molecule has 0 saturated carbocycles. The molecule has 1 aliphatic heterocycles. The van der Waals surface area contributed by atoms with Crippen molar-refractivity contribution in [3.8, 4) is 11.4 Å². The van der Waals surface area contributed by atoms with E-state index in [0.29, 0.717) is 6.54 Å². The number of hydrogen-bond acceptors (Lipinski definition) is 3. The SMILES string of the molecule is O=c1[nH]n(-c2cccc(O)c2)c2c1CNCC2. The summed E-state index contributed by atoms with van der Waals surface area (Å²) in [5.74, 6) is 0.194. The molecular weight excluding hydrogens is 218 g/mol. The maximum Gasteiger partial charge on any atom is 0.269 e. The molecule has 0 spiro atoms. The normalized spacial score (nSPS) is 14.6. The van der Waals surface area contributed by atoms with E-state index in [-0.39, 0.29) is 11.3 Å². The predicted octanol–water partition coefficient (Wildman–Crippen LogP) is 0.517. The van der Waals surface area contributed by atoms with E-state index in [9.17, 15) is 9.90 Å². The Kier molecular flexibility index (Phi) is 2.26. The number of phenolic OH excluding ortho intramolecular Hbond substituents is 1. The zero-order chi connectivity index (χ0) is 11.8. The molecule has 5 nitrogen and oxygen atoms in total. The van der Waals surface area contributed by atoms with E-state index in [1.165, 1.54) is 0 Å². The van der Waals surface area contributed by atoms with Gasteiger partial charge in [-0.15, -0.1) is 0 Å². The van der Waals surface area contributed by atoms with Gasteiger partial charge in [0.15, 0.2) is 0 Å². The van der Waals surface area contributed by atoms with E-state index >= 15 is 0 Å². The summed E-state index contributed by atoms with van der Waals surface area (Å²) in [6.07, 6.45) is 0.809. The van der Waals surface area contributed by atoms with Crippen molar-refractivity contribution in [2.75, 3.05) is 6.54 Å². The van der Waals surface area contributed by atoms with Crippen LogP contribution >= 0.6 is 0 Å². The molecule has 0 saturated heterocycles. The molecule has 88 valence electrons. The van der Waals surface area contributed by atoms with Gasteiger partial charge in [-0.25, -0.2) is 0 Å². The third-order valence-corrected chi connectivity index (χ3v) is 3.03. The summed E-state index contributed by atoms with van der Waals surface area (Å²) in [6.45, 7) is 1.47. The van der Waals surface area contributed by atoms with Crippen LogP contribution in [-0.4, -0.2) is 21.4 Å². The minimum absolute atomic E-state index is 0.0597. The Balaban J connectivity index is 2.18. The number of nitrogens with zero attached hydrogens (tertiary/aromatic N) is 1. The number of nitrogens with one attached hydrogen (secondary N) is 2. The lowest BCUT2D eigenvalue weighted by Crippen LogP contribution is -2.26. The van der Waals surface area contributed by atoms with Crippen molar-refractivity contribution in [1.82, 2.24) is 15.1 Å². The van der Waals surface area contributed by atoms with Crippen LogP contribution in [0.3, 0.4) is 0 Å². The minimum atomic E-state index is -0.0597. The molecule has 17 heavy (non-hydrogen) atoms. The molecule has 2 heterocycles. The summed E-state index contributed by atoms with van der Waals surface area (Å²) in [6, 6.07) is 6.87. The molecule has 2 aromatic rings. The van der Waals surface area contributed by atoms with Crippen LogP contribution in [0.2, 0.25) is 0 Å². The van der Waals surface area contributed by atoms with Gasteiger partial charge in [0, 0.05) is 25.6 Å². The highest BCUT2D eigenvalue weighted by Gasteiger charge is 2.18. The van der Waals surface area contributed by atoms with Crippen molar-refractivity contribution in [2.45, 2.75) is 13.0 Å². The maximum absolute atomic E-state index is 11.8. The Bertz CT molecular complexity index is 612. The van der Waals surface area contributed by atoms with Crippen LogP contribution in [0.25, 0.3) is 5.69 Å². The van der Waals surface area contributed by atoms with E-state index in [0.717, 1.165) is 29.9 Å². The molecule has 1 aromatic heterocycles. The third kappa shape index (κ3) is 1.64. The number of benzene rings is 1. The zero-order valence-electron chi connectivity index (χ0n) is 9.23. The topological polar surface area (TPSA) is 70.0 Å². The maximum atomic E-state index is 11.8. The highest BCUT2D eigenvalue weighted by molar-refractivity contribution is 5.40. The van der Waals surface area contributed by atoms with Gasteiger partial charge >= 0.3 is 0 Å². The first-order valence-corrected chi connectivity index (χ1v) is 5.58. The summed E-state index contributed by atoms with van der Waals surface area (Å²) in [5, 5.41) is 15.5. The first-order chi connectivity index (χ1) is 8.25. The molecule has 1 aliphatic rings. The van der Waals surface area contributed by atoms with Crippen molar-refractivity contribution in [3.05, 3.63) is 45.9 Å². The number of aromatic hydroxyl groups is 1. The van der Waals surface area contributed by atoms with Crippen LogP contribution in [0.1, 0.15) is 11.3 Å². The van der Waals surface area contributed by atoms with Crippen molar-refractivity contribution in [1.29, 1.82) is 0 Å². The molecule has 0 bridgehead atoms. The Morgan fingerprint density at radius 1 is 1.35 bits per heavy atom. The fourth-order valence-corrected chi connectivity index (χ4v) is 2.22. The Labute approximate surface area is 97.7 Å². The van der Waals surface area contributed by atoms with E-state index in [1.54, 1.807) is 22.9 Å². The number of phenols is 1. The minimum Gasteiger partial charge on any atom is -0.508 e. The molecule has 3 N–H and O–H groups in total. The fraction of sp³-hybridized carbons (Fsp3) is 0.250. The summed E-state index contributed by atoms with van der Waals surface area (Å²) >= 11 is 0. The number of aromatic amines is 1. The summed E-state index contributed by atoms with van der Waals surface area (Å²) in [4.78, 5) is 11.8. The molecule has 0 fully saturated rings. The average Bonchev–Trinajstić information content (AvgIpc) is 2.68. The van der Waals surface area contributed by atoms with Gasteiger partial charge in [-0.05, 0) is 12.1 Å². The van der Waals surface area contributed by atoms with Gasteiger partial charge in [0.1, 0.15) is 5.75 Å². The van der Waals surface area contributed by atoms with Gasteiger partial charge in [-0.3, -0.25) is 14.6 Å². The lowest BCUT2D eigenvalue weighted by atomic mass is 10.1. The number of fused-ring (bicyclic) bond motifs is 1. The second-order valence-electron chi connectivity index (χ2n) is 4.15. The highest BCUT2D eigenvalue weighted by Crippen LogP contribution is 2.18. The molecular formula is C12H13N3O2. The van der Waals surface area contributed by atoms with Crippen LogP contribution in [-0.2, 0) is 13.0 Å². The van der Waals surface area contributed by atoms with Crippen molar-refractivity contribution < 1.29 is 5.11 Å². The predicted molar refractivity (Wildman–Crippen MR) is 63.5 cm³/mol. The lowest BCUT2D eigenvalue weighted by molar-refractivity contribution is 0.474. The molecule has 3 rings (SSSR count). The average molecular weight is 231 g/mol. The van der Waals surface area contributed by atoms with E-state index in [4.69, 9.17) is 0 Å². The molecule has 0 atom stereocenters. The highest BCUT2D eigenvalue weighted by atomic mass is 16.3. The second kappa shape index (κ2) is 3.78. The lowest BCUT2D eigenvalue weighted by Gasteiger charge is -2.15. The first-order valence-electron chi connectivity index (χ1n) is 5.58. The van der Waals surface area contributed by atoms with Gasteiger partial charge < -0.3 is 10.4 Å². The fourth-order valence-electron chi connectivity index (χ4n) is 2.22. The number of hydrogen-bond donors (Lipinski definition) is 3. The monoisotopic (exact) mass is 231 g/mol. The third-order valence-electron chi connectivity index (χ3n) is 3.03. The number of H-pyrrole nitrogens is 1. The largest absolute Gasteiger partial charge is 0.508 e. The van der Waals surface area contributed by atoms with Crippen molar-refractivity contribution >= 4 is 0 Å². The van der Waals surface area contributed by atoms with Crippen molar-refractivity contribution in [3.63, 3.8) is 0 Å². The number of aromatic nitrogens is 2. The van der Waals surface area contributed by atoms with Gasteiger partial charge in [-0.2, -0.15) is 0 Å². The van der Waals surface area contributed by atoms with Gasteiger partial charge in [0.25, 0.3) is 5.56 Å². The quantitative estimate of drug-likeness (QED) is 0.670.